The van der Waals surface area contributed by atoms with E-state index in [1.165, 1.54) is 12.1 Å². The van der Waals surface area contributed by atoms with Crippen LogP contribution in [0.2, 0.25) is 0 Å². The topological polar surface area (TPSA) is 52.7 Å². The first-order valence-electron chi connectivity index (χ1n) is 9.87. The molecule has 30 heavy (non-hydrogen) atoms. The molecule has 0 bridgehead atoms. The Morgan fingerprint density at radius 2 is 1.70 bits per heavy atom. The van der Waals surface area contributed by atoms with Gasteiger partial charge in [-0.05, 0) is 60.5 Å². The summed E-state index contributed by atoms with van der Waals surface area (Å²) >= 11 is 0. The Labute approximate surface area is 174 Å². The molecule has 1 aliphatic heterocycles. The van der Waals surface area contributed by atoms with Crippen LogP contribution in [0.25, 0.3) is 0 Å². The van der Waals surface area contributed by atoms with Gasteiger partial charge in [0.05, 0.1) is 0 Å². The zero-order valence-corrected chi connectivity index (χ0v) is 16.4. The lowest BCUT2D eigenvalue weighted by Crippen LogP contribution is -2.49. The number of urea groups is 1. The zero-order valence-electron chi connectivity index (χ0n) is 16.4. The molecule has 1 heterocycles. The molecule has 0 spiro atoms. The second-order valence-electron chi connectivity index (χ2n) is 7.21. The summed E-state index contributed by atoms with van der Waals surface area (Å²) in [5.74, 6) is -0.486. The zero-order chi connectivity index (χ0) is 20.9. The number of rotatable bonds is 5. The fraction of sp³-hybridized carbons (Fsp3) is 0.167. The first kappa shape index (κ1) is 19.6. The maximum Gasteiger partial charge on any atom is 0.324 e. The van der Waals surface area contributed by atoms with Gasteiger partial charge in [0.15, 0.2) is 0 Å². The Kier molecular flexibility index (Phi) is 5.75. The quantitative estimate of drug-likeness (QED) is 0.658. The van der Waals surface area contributed by atoms with Gasteiger partial charge in [0.25, 0.3) is 5.91 Å². The first-order valence-corrected chi connectivity index (χ1v) is 9.87. The van der Waals surface area contributed by atoms with E-state index in [4.69, 9.17) is 0 Å². The van der Waals surface area contributed by atoms with Crippen LogP contribution >= 0.6 is 0 Å². The van der Waals surface area contributed by atoms with E-state index < -0.39 is 0 Å². The summed E-state index contributed by atoms with van der Waals surface area (Å²) in [7, 11) is 0. The van der Waals surface area contributed by atoms with E-state index in [0.717, 1.165) is 17.7 Å². The van der Waals surface area contributed by atoms with E-state index in [2.05, 4.69) is 5.32 Å². The highest BCUT2D eigenvalue weighted by atomic mass is 19.1. The van der Waals surface area contributed by atoms with Crippen molar-refractivity contribution in [2.45, 2.75) is 13.0 Å². The van der Waals surface area contributed by atoms with Gasteiger partial charge < -0.3 is 10.2 Å². The molecule has 1 N–H and O–H groups in total. The van der Waals surface area contributed by atoms with Gasteiger partial charge in [0.1, 0.15) is 5.82 Å². The average Bonchev–Trinajstić information content (AvgIpc) is 2.77. The maximum absolute atomic E-state index is 13.5. The predicted octanol–water partition coefficient (Wildman–Crippen LogP) is 4.91. The van der Waals surface area contributed by atoms with Crippen molar-refractivity contribution in [1.29, 1.82) is 0 Å². The summed E-state index contributed by atoms with van der Waals surface area (Å²) in [6.45, 7) is 1.63. The van der Waals surface area contributed by atoms with Crippen LogP contribution in [0.5, 0.6) is 0 Å². The van der Waals surface area contributed by atoms with Gasteiger partial charge in [0, 0.05) is 36.6 Å². The second kappa shape index (κ2) is 8.78. The largest absolute Gasteiger partial charge is 0.324 e. The molecular formula is C24H22FN3O2. The number of carbonyl (C=O) groups is 2. The molecule has 5 nitrogen and oxygen atoms in total. The molecule has 1 fully saturated rings. The minimum Gasteiger partial charge on any atom is -0.322 e. The normalized spacial score (nSPS) is 14.0. The van der Waals surface area contributed by atoms with Crippen LogP contribution < -0.4 is 10.2 Å². The minimum atomic E-state index is -0.304. The van der Waals surface area contributed by atoms with Crippen LogP contribution in [-0.4, -0.2) is 29.9 Å². The van der Waals surface area contributed by atoms with Crippen LogP contribution in [0, 0.1) is 5.82 Å². The van der Waals surface area contributed by atoms with Crippen molar-refractivity contribution in [3.8, 4) is 0 Å². The molecule has 0 radical (unpaired) electrons. The number of hydrogen-bond donors (Lipinski definition) is 1. The lowest BCUT2D eigenvalue weighted by Gasteiger charge is -2.35. The van der Waals surface area contributed by atoms with Gasteiger partial charge >= 0.3 is 6.03 Å². The Hall–Kier alpha value is -3.67. The van der Waals surface area contributed by atoms with Gasteiger partial charge in [0.2, 0.25) is 0 Å². The van der Waals surface area contributed by atoms with Gasteiger partial charge in [-0.25, -0.2) is 9.18 Å². The molecule has 6 heteroatoms. The molecule has 4 rings (SSSR count). The fourth-order valence-electron chi connectivity index (χ4n) is 3.54. The minimum absolute atomic E-state index is 0.105. The Morgan fingerprint density at radius 1 is 0.933 bits per heavy atom. The van der Waals surface area contributed by atoms with E-state index >= 15 is 0 Å². The van der Waals surface area contributed by atoms with Crippen molar-refractivity contribution in [3.63, 3.8) is 0 Å². The summed E-state index contributed by atoms with van der Waals surface area (Å²) in [4.78, 5) is 28.7. The van der Waals surface area contributed by atoms with E-state index in [0.29, 0.717) is 30.9 Å². The lowest BCUT2D eigenvalue weighted by atomic mass is 10.1. The third-order valence-corrected chi connectivity index (χ3v) is 5.05. The number of halogens is 1. The molecule has 0 aliphatic carbocycles. The van der Waals surface area contributed by atoms with Gasteiger partial charge in [-0.1, -0.05) is 30.3 Å². The highest BCUT2D eigenvalue weighted by Crippen LogP contribution is 2.23. The van der Waals surface area contributed by atoms with Crippen molar-refractivity contribution in [2.75, 3.05) is 23.3 Å². The molecule has 0 unspecified atom stereocenters. The number of carbonyl (C=O) groups excluding carboxylic acids is 2. The standard InChI is InChI=1S/C24H22FN3O2/c25-20-9-4-6-18(16-20)17-27-14-5-15-28(24(27)30)22-12-10-21(11-13-22)26-23(29)19-7-2-1-3-8-19/h1-4,6-13,16H,5,14-15,17H2,(H,26,29). The summed E-state index contributed by atoms with van der Waals surface area (Å²) in [5, 5.41) is 2.86. The molecule has 1 aliphatic rings. The average molecular weight is 403 g/mol. The third kappa shape index (κ3) is 4.49. The van der Waals surface area contributed by atoms with Crippen molar-refractivity contribution >= 4 is 23.3 Å². The number of amides is 3. The Balaban J connectivity index is 1.43. The lowest BCUT2D eigenvalue weighted by molar-refractivity contribution is 0.102. The molecule has 0 aromatic heterocycles. The smallest absolute Gasteiger partial charge is 0.322 e. The van der Waals surface area contributed by atoms with Crippen molar-refractivity contribution < 1.29 is 14.0 Å². The van der Waals surface area contributed by atoms with Crippen LogP contribution in [0.1, 0.15) is 22.3 Å². The summed E-state index contributed by atoms with van der Waals surface area (Å²) in [5.41, 5.74) is 2.78. The SMILES string of the molecule is O=C(Nc1ccc(N2CCCN(Cc3cccc(F)c3)C2=O)cc1)c1ccccc1. The van der Waals surface area contributed by atoms with Crippen molar-refractivity contribution in [1.82, 2.24) is 4.90 Å². The maximum atomic E-state index is 13.5. The third-order valence-electron chi connectivity index (χ3n) is 5.05. The Bertz CT molecular complexity index is 1040. The monoisotopic (exact) mass is 403 g/mol. The summed E-state index contributed by atoms with van der Waals surface area (Å²) in [6, 6.07) is 22.4. The second-order valence-corrected chi connectivity index (χ2v) is 7.21. The molecule has 3 amide bonds. The molecule has 0 saturated carbocycles. The number of hydrogen-bond acceptors (Lipinski definition) is 2. The van der Waals surface area contributed by atoms with Crippen molar-refractivity contribution in [3.05, 3.63) is 95.8 Å². The van der Waals surface area contributed by atoms with Crippen LogP contribution in [0.3, 0.4) is 0 Å². The molecule has 3 aromatic carbocycles. The van der Waals surface area contributed by atoms with Gasteiger partial charge in [-0.2, -0.15) is 0 Å². The molecule has 152 valence electrons. The molecule has 3 aromatic rings. The van der Waals surface area contributed by atoms with Crippen molar-refractivity contribution in [2.24, 2.45) is 0 Å². The highest BCUT2D eigenvalue weighted by Gasteiger charge is 2.26. The first-order chi connectivity index (χ1) is 14.6. The van der Waals surface area contributed by atoms with Crippen LogP contribution in [0.4, 0.5) is 20.6 Å². The number of nitrogens with zero attached hydrogens (tertiary/aromatic N) is 2. The van der Waals surface area contributed by atoms with E-state index in [1.54, 1.807) is 40.1 Å². The van der Waals surface area contributed by atoms with Gasteiger partial charge in [-0.3, -0.25) is 9.69 Å². The summed E-state index contributed by atoms with van der Waals surface area (Å²) < 4.78 is 13.5. The number of anilines is 2. The highest BCUT2D eigenvalue weighted by molar-refractivity contribution is 6.04. The molecular weight excluding hydrogens is 381 g/mol. The number of nitrogens with one attached hydrogen (secondary N) is 1. The van der Waals surface area contributed by atoms with E-state index in [9.17, 15) is 14.0 Å². The van der Waals surface area contributed by atoms with Crippen LogP contribution in [-0.2, 0) is 6.54 Å². The molecule has 0 atom stereocenters. The van der Waals surface area contributed by atoms with Gasteiger partial charge in [-0.15, -0.1) is 0 Å². The summed E-state index contributed by atoms with van der Waals surface area (Å²) in [6.07, 6.45) is 0.827. The Morgan fingerprint density at radius 3 is 2.43 bits per heavy atom. The fourth-order valence-corrected chi connectivity index (χ4v) is 3.54. The van der Waals surface area contributed by atoms with Crippen LogP contribution in [0.15, 0.2) is 78.9 Å². The van der Waals surface area contributed by atoms with E-state index in [-0.39, 0.29) is 17.8 Å². The number of benzene rings is 3. The predicted molar refractivity (Wildman–Crippen MR) is 115 cm³/mol. The molecule has 1 saturated heterocycles. The van der Waals surface area contributed by atoms with E-state index in [1.807, 2.05) is 36.4 Å².